The average molecular weight is 1550 g/mol. The summed E-state index contributed by atoms with van der Waals surface area (Å²) < 4.78 is 15.5. The molecule has 2 unspecified atom stereocenters. The van der Waals surface area contributed by atoms with Crippen molar-refractivity contribution in [2.45, 2.75) is 340 Å². The zero-order valence-corrected chi connectivity index (χ0v) is 69.8. The van der Waals surface area contributed by atoms with Crippen LogP contribution in [0, 0.1) is 11.8 Å². The van der Waals surface area contributed by atoms with Gasteiger partial charge in [0.25, 0.3) is 0 Å². The van der Waals surface area contributed by atoms with Gasteiger partial charge in [0.15, 0.2) is 0 Å². The van der Waals surface area contributed by atoms with E-state index in [1.54, 1.807) is 9.75 Å². The van der Waals surface area contributed by atoms with Crippen LogP contribution in [-0.2, 0) is 12.8 Å². The SMILES string of the molecule is CCCCCCCCC(CCCCCC)Cc1ccc(-c2nc3c(-c4cc[c]([Sn]([CH2]CCC)([CH2]CCC)[CH2]CCC)s4)c4sc(-c5ccc(CC(CCCCCC)CCCCCCCC)s5)nc4c(-c4cc[c]([Sn]([CH2]CCC)([CH2]CCC)[CH2]CCC)s4)c3s2)s1. The van der Waals surface area contributed by atoms with Gasteiger partial charge in [0.2, 0.25) is 0 Å². The molecule has 7 aromatic rings. The van der Waals surface area contributed by atoms with Crippen LogP contribution in [0.3, 0.4) is 0 Å². The zero-order chi connectivity index (χ0) is 63.8. The molecule has 90 heavy (non-hydrogen) atoms. The van der Waals surface area contributed by atoms with Crippen molar-refractivity contribution in [1.82, 2.24) is 9.97 Å². The minimum atomic E-state index is -2.79. The molecule has 7 rings (SSSR count). The van der Waals surface area contributed by atoms with Crippen molar-refractivity contribution in [2.75, 3.05) is 0 Å². The van der Waals surface area contributed by atoms with Gasteiger partial charge in [-0.05, 0) is 0 Å². The molecule has 10 heteroatoms. The first-order valence-electron chi connectivity index (χ1n) is 38.3. The number of benzene rings is 1. The Bertz CT molecular complexity index is 2720. The third-order valence-corrected chi connectivity index (χ3v) is 64.0. The van der Waals surface area contributed by atoms with Gasteiger partial charge < -0.3 is 0 Å². The Morgan fingerprint density at radius 2 is 0.567 bits per heavy atom. The number of nitrogens with zero attached hydrogens (tertiary/aromatic N) is 2. The summed E-state index contributed by atoms with van der Waals surface area (Å²) >= 11 is 7.08. The number of rotatable bonds is 52. The van der Waals surface area contributed by atoms with Gasteiger partial charge in [-0.2, -0.15) is 0 Å². The van der Waals surface area contributed by atoms with Gasteiger partial charge in [0.1, 0.15) is 0 Å². The molecule has 2 nitrogen and oxygen atoms in total. The Labute approximate surface area is 585 Å². The maximum atomic E-state index is 6.09. The molecular weight excluding hydrogens is 1420 g/mol. The van der Waals surface area contributed by atoms with E-state index in [2.05, 4.69) is 163 Å². The molecule has 0 N–H and O–H groups in total. The maximum absolute atomic E-state index is 6.09. The molecule has 6 heterocycles. The summed E-state index contributed by atoms with van der Waals surface area (Å²) in [6, 6.07) is 20.6. The fourth-order valence-corrected chi connectivity index (χ4v) is 60.0. The van der Waals surface area contributed by atoms with Crippen LogP contribution in [0.15, 0.2) is 48.5 Å². The quantitative estimate of drug-likeness (QED) is 0.0281. The molecule has 1 aromatic carbocycles. The summed E-state index contributed by atoms with van der Waals surface area (Å²) in [7, 11) is 0. The second-order valence-corrected chi connectivity index (χ2v) is 63.0. The fraction of sp³-hybridized carbons (Fsp3) is 0.700. The normalized spacial score (nSPS) is 13.1. The molecule has 0 saturated carbocycles. The standard InChI is InChI=1S/C56H74N2S6.6C4H9.2Sn/c1-5-9-13-17-19-23-29-41(27-21-15-11-7-3)39-43-33-35-47(61-43)55-57-51-49(45-31-25-37-59-45)54-52(50(53(51)63-55)46-32-26-38-60-46)58-56(64-54)48-36-34-44(62-48)40-42(28-22-16-12-8-4)30-24-20-18-14-10-6-2;6*1-3-4-2;;/h25-26,31-36,41-42H,5-24,27-30,39-40H2,1-4H3;6*1,3-4H2,2H3;;. The Morgan fingerprint density at radius 1 is 0.289 bits per heavy atom. The summed E-state index contributed by atoms with van der Waals surface area (Å²) in [5, 5.41) is 2.45. The van der Waals surface area contributed by atoms with E-state index in [-0.39, 0.29) is 0 Å². The zero-order valence-electron chi connectivity index (χ0n) is 59.2. The van der Waals surface area contributed by atoms with Crippen molar-refractivity contribution >= 4 is 131 Å². The van der Waals surface area contributed by atoms with E-state index in [9.17, 15) is 0 Å². The first-order chi connectivity index (χ1) is 44.2. The van der Waals surface area contributed by atoms with E-state index < -0.39 is 36.8 Å². The molecule has 0 bridgehead atoms. The molecule has 0 aliphatic carbocycles. The Hall–Kier alpha value is -0.603. The van der Waals surface area contributed by atoms with Crippen molar-refractivity contribution < 1.29 is 0 Å². The summed E-state index contributed by atoms with van der Waals surface area (Å²) in [6.07, 6.45) is 51.7. The molecule has 0 saturated heterocycles. The molecule has 0 spiro atoms. The van der Waals surface area contributed by atoms with Crippen LogP contribution in [0.25, 0.3) is 61.1 Å². The van der Waals surface area contributed by atoms with Gasteiger partial charge in [-0.25, -0.2) is 0 Å². The van der Waals surface area contributed by atoms with Crippen LogP contribution in [0.2, 0.25) is 26.6 Å². The third kappa shape index (κ3) is 22.7. The van der Waals surface area contributed by atoms with Crippen LogP contribution >= 0.6 is 68.0 Å². The third-order valence-electron chi connectivity index (χ3n) is 20.6. The summed E-state index contributed by atoms with van der Waals surface area (Å²) in [5.41, 5.74) is 5.31. The Morgan fingerprint density at radius 3 is 0.878 bits per heavy atom. The molecule has 0 fully saturated rings. The molecule has 0 amide bonds. The van der Waals surface area contributed by atoms with Crippen LogP contribution < -0.4 is 5.79 Å². The van der Waals surface area contributed by atoms with Crippen LogP contribution in [0.1, 0.15) is 310 Å². The molecule has 0 aliphatic rings. The second-order valence-electron chi connectivity index (χ2n) is 28.1. The molecule has 6 aromatic heterocycles. The summed E-state index contributed by atoms with van der Waals surface area (Å²) in [5.74, 6) is 1.55. The van der Waals surface area contributed by atoms with E-state index in [1.807, 2.05) is 28.5 Å². The number of thiazole rings is 2. The summed E-state index contributed by atoms with van der Waals surface area (Å²) in [4.78, 5) is 21.0. The average Bonchev–Trinajstić information content (AvgIpc) is 1.55. The van der Waals surface area contributed by atoms with Crippen LogP contribution in [0.4, 0.5) is 0 Å². The van der Waals surface area contributed by atoms with Gasteiger partial charge in [-0.3, -0.25) is 0 Å². The van der Waals surface area contributed by atoms with E-state index >= 15 is 0 Å². The van der Waals surface area contributed by atoms with Crippen molar-refractivity contribution in [3.05, 3.63) is 58.3 Å². The van der Waals surface area contributed by atoms with Crippen molar-refractivity contribution in [1.29, 1.82) is 0 Å². The number of unbranched alkanes of at least 4 members (excludes halogenated alkanes) is 22. The minimum absolute atomic E-state index is 0.775. The first kappa shape index (κ1) is 76.8. The number of hydrogen-bond acceptors (Lipinski definition) is 8. The van der Waals surface area contributed by atoms with Crippen molar-refractivity contribution in [3.63, 3.8) is 0 Å². The van der Waals surface area contributed by atoms with Gasteiger partial charge >= 0.3 is 410 Å². The van der Waals surface area contributed by atoms with Crippen LogP contribution in [-0.4, -0.2) is 46.7 Å². The number of fused-ring (bicyclic) bond motifs is 2. The first-order valence-corrected chi connectivity index (χ1v) is 58.2. The molecule has 502 valence electrons. The van der Waals surface area contributed by atoms with Gasteiger partial charge in [0, 0.05) is 0 Å². The van der Waals surface area contributed by atoms with Gasteiger partial charge in [-0.1, -0.05) is 182 Å². The topological polar surface area (TPSA) is 25.8 Å². The number of hydrogen-bond donors (Lipinski definition) is 0. The van der Waals surface area contributed by atoms with Crippen molar-refractivity contribution in [3.8, 4) is 40.7 Å². The van der Waals surface area contributed by atoms with Gasteiger partial charge in [0.05, 0.1) is 0 Å². The molecule has 0 aliphatic heterocycles. The summed E-state index contributed by atoms with van der Waals surface area (Å²) in [6.45, 7) is 24.0. The molecular formula is C80H128N2S6Sn2. The van der Waals surface area contributed by atoms with E-state index in [0.717, 1.165) is 11.8 Å². The van der Waals surface area contributed by atoms with E-state index in [1.165, 1.54) is 332 Å². The number of aromatic nitrogens is 2. The van der Waals surface area contributed by atoms with Crippen molar-refractivity contribution in [2.24, 2.45) is 11.8 Å². The molecule has 2 atom stereocenters. The molecule has 0 radical (unpaired) electrons. The second kappa shape index (κ2) is 42.9. The Balaban J connectivity index is 1.42. The predicted octanol–water partition coefficient (Wildman–Crippen LogP) is 29.7. The number of thiophene rings is 4. The predicted molar refractivity (Wildman–Crippen MR) is 423 cm³/mol. The Kier molecular flexibility index (Phi) is 36.6. The van der Waals surface area contributed by atoms with Gasteiger partial charge in [-0.15, -0.1) is 0 Å². The van der Waals surface area contributed by atoms with Crippen LogP contribution in [0.5, 0.6) is 0 Å². The van der Waals surface area contributed by atoms with E-state index in [0.29, 0.717) is 0 Å². The van der Waals surface area contributed by atoms with E-state index in [4.69, 9.17) is 9.97 Å². The fourth-order valence-electron chi connectivity index (χ4n) is 14.9. The monoisotopic (exact) mass is 1550 g/mol.